The van der Waals surface area contributed by atoms with Crippen molar-refractivity contribution < 1.29 is 4.79 Å². The van der Waals surface area contributed by atoms with Crippen LogP contribution in [-0.4, -0.2) is 10.9 Å². The Morgan fingerprint density at radius 2 is 2.29 bits per heavy atom. The van der Waals surface area contributed by atoms with Crippen molar-refractivity contribution in [1.29, 1.82) is 5.26 Å². The Balaban J connectivity index is 2.26. The smallest absolute Gasteiger partial charge is 0.241 e. The standard InChI is InChI=1S/C13H11N3O/c1-9(8-14)13(17)16-11-4-5-12-10(7-11)3-2-6-15-12/h2-7,9H,1H3,(H,16,17). The van der Waals surface area contributed by atoms with Gasteiger partial charge in [-0.1, -0.05) is 6.07 Å². The molecule has 0 saturated heterocycles. The molecule has 0 radical (unpaired) electrons. The van der Waals surface area contributed by atoms with Crippen LogP contribution in [0.15, 0.2) is 36.5 Å². The SMILES string of the molecule is CC(C#N)C(=O)Nc1ccc2ncccc2c1. The summed E-state index contributed by atoms with van der Waals surface area (Å²) in [6, 6.07) is 11.1. The fraction of sp³-hybridized carbons (Fsp3) is 0.154. The lowest BCUT2D eigenvalue weighted by molar-refractivity contribution is -0.117. The predicted molar refractivity (Wildman–Crippen MR) is 65.1 cm³/mol. The third kappa shape index (κ3) is 2.40. The number of pyridine rings is 1. The average molecular weight is 225 g/mol. The van der Waals surface area contributed by atoms with E-state index in [1.54, 1.807) is 19.2 Å². The fourth-order valence-corrected chi connectivity index (χ4v) is 1.46. The Bertz CT molecular complexity index is 601. The number of rotatable bonds is 2. The van der Waals surface area contributed by atoms with Crippen LogP contribution in [0.25, 0.3) is 10.9 Å². The molecule has 0 aliphatic heterocycles. The summed E-state index contributed by atoms with van der Waals surface area (Å²) in [5.41, 5.74) is 1.55. The Morgan fingerprint density at radius 3 is 3.06 bits per heavy atom. The van der Waals surface area contributed by atoms with Gasteiger partial charge in [0.2, 0.25) is 5.91 Å². The number of amides is 1. The molecular formula is C13H11N3O. The van der Waals surface area contributed by atoms with Crippen molar-refractivity contribution in [2.75, 3.05) is 5.32 Å². The molecule has 0 fully saturated rings. The van der Waals surface area contributed by atoms with Gasteiger partial charge in [0.05, 0.1) is 11.6 Å². The van der Waals surface area contributed by atoms with Crippen LogP contribution in [0.2, 0.25) is 0 Å². The predicted octanol–water partition coefficient (Wildman–Crippen LogP) is 2.33. The number of nitrogens with zero attached hydrogens (tertiary/aromatic N) is 2. The van der Waals surface area contributed by atoms with Gasteiger partial charge in [0.15, 0.2) is 0 Å². The number of fused-ring (bicyclic) bond motifs is 1. The topological polar surface area (TPSA) is 65.8 Å². The molecule has 0 spiro atoms. The molecule has 84 valence electrons. The summed E-state index contributed by atoms with van der Waals surface area (Å²) in [5.74, 6) is -0.949. The van der Waals surface area contributed by atoms with E-state index in [9.17, 15) is 4.79 Å². The number of hydrogen-bond donors (Lipinski definition) is 1. The second-order valence-corrected chi connectivity index (χ2v) is 3.75. The molecule has 0 aliphatic rings. The van der Waals surface area contributed by atoms with Crippen molar-refractivity contribution in [1.82, 2.24) is 4.98 Å². The second-order valence-electron chi connectivity index (χ2n) is 3.75. The van der Waals surface area contributed by atoms with E-state index in [1.807, 2.05) is 30.3 Å². The monoisotopic (exact) mass is 225 g/mol. The first-order chi connectivity index (χ1) is 8.20. The van der Waals surface area contributed by atoms with Crippen LogP contribution in [-0.2, 0) is 4.79 Å². The van der Waals surface area contributed by atoms with Crippen LogP contribution < -0.4 is 5.32 Å². The van der Waals surface area contributed by atoms with Crippen LogP contribution in [0, 0.1) is 17.2 Å². The van der Waals surface area contributed by atoms with Gasteiger partial charge in [0.1, 0.15) is 5.92 Å². The van der Waals surface area contributed by atoms with Gasteiger partial charge in [-0.25, -0.2) is 0 Å². The molecule has 2 rings (SSSR count). The first-order valence-electron chi connectivity index (χ1n) is 5.26. The number of nitriles is 1. The molecule has 1 amide bonds. The van der Waals surface area contributed by atoms with Gasteiger partial charge in [-0.15, -0.1) is 0 Å². The molecule has 1 atom stereocenters. The molecular weight excluding hydrogens is 214 g/mol. The highest BCUT2D eigenvalue weighted by molar-refractivity contribution is 5.95. The van der Waals surface area contributed by atoms with Crippen molar-refractivity contribution in [3.8, 4) is 6.07 Å². The molecule has 0 bridgehead atoms. The highest BCUT2D eigenvalue weighted by atomic mass is 16.1. The molecule has 1 aromatic carbocycles. The summed E-state index contributed by atoms with van der Waals surface area (Å²) in [6.45, 7) is 1.57. The van der Waals surface area contributed by atoms with E-state index >= 15 is 0 Å². The maximum Gasteiger partial charge on any atom is 0.241 e. The lowest BCUT2D eigenvalue weighted by Crippen LogP contribution is -2.18. The molecule has 1 unspecified atom stereocenters. The first kappa shape index (κ1) is 11.1. The van der Waals surface area contributed by atoms with Gasteiger partial charge in [0, 0.05) is 17.3 Å². The van der Waals surface area contributed by atoms with Crippen molar-refractivity contribution in [3.63, 3.8) is 0 Å². The number of aromatic nitrogens is 1. The molecule has 4 nitrogen and oxygen atoms in total. The number of carbonyl (C=O) groups excluding carboxylic acids is 1. The maximum absolute atomic E-state index is 11.5. The minimum atomic E-state index is -0.653. The van der Waals surface area contributed by atoms with E-state index in [-0.39, 0.29) is 5.91 Å². The summed E-state index contributed by atoms with van der Waals surface area (Å²) < 4.78 is 0. The number of anilines is 1. The summed E-state index contributed by atoms with van der Waals surface area (Å²) in [7, 11) is 0. The first-order valence-corrected chi connectivity index (χ1v) is 5.26. The minimum Gasteiger partial charge on any atom is -0.325 e. The van der Waals surface area contributed by atoms with Gasteiger partial charge >= 0.3 is 0 Å². The third-order valence-corrected chi connectivity index (χ3v) is 2.46. The minimum absolute atomic E-state index is 0.296. The van der Waals surface area contributed by atoms with Crippen molar-refractivity contribution >= 4 is 22.5 Å². The van der Waals surface area contributed by atoms with Gasteiger partial charge in [-0.3, -0.25) is 9.78 Å². The molecule has 1 heterocycles. The van der Waals surface area contributed by atoms with Crippen molar-refractivity contribution in [2.45, 2.75) is 6.92 Å². The normalized spacial score (nSPS) is 11.8. The van der Waals surface area contributed by atoms with Crippen LogP contribution in [0.4, 0.5) is 5.69 Å². The third-order valence-electron chi connectivity index (χ3n) is 2.46. The Labute approximate surface area is 98.9 Å². The number of benzene rings is 1. The quantitative estimate of drug-likeness (QED) is 0.853. The number of nitrogens with one attached hydrogen (secondary N) is 1. The van der Waals surface area contributed by atoms with Crippen LogP contribution in [0.1, 0.15) is 6.92 Å². The average Bonchev–Trinajstić information content (AvgIpc) is 2.37. The maximum atomic E-state index is 11.5. The summed E-state index contributed by atoms with van der Waals surface area (Å²) >= 11 is 0. The molecule has 1 N–H and O–H groups in total. The second kappa shape index (κ2) is 4.62. The van der Waals surface area contributed by atoms with E-state index in [2.05, 4.69) is 10.3 Å². The molecule has 17 heavy (non-hydrogen) atoms. The van der Waals surface area contributed by atoms with Gasteiger partial charge < -0.3 is 5.32 Å². The lowest BCUT2D eigenvalue weighted by atomic mass is 10.1. The molecule has 4 heteroatoms. The molecule has 2 aromatic rings. The van der Waals surface area contributed by atoms with Crippen molar-refractivity contribution in [3.05, 3.63) is 36.5 Å². The summed E-state index contributed by atoms with van der Waals surface area (Å²) in [5, 5.41) is 12.3. The van der Waals surface area contributed by atoms with Crippen LogP contribution in [0.5, 0.6) is 0 Å². The zero-order chi connectivity index (χ0) is 12.3. The lowest BCUT2D eigenvalue weighted by Gasteiger charge is -2.06. The molecule has 0 saturated carbocycles. The zero-order valence-electron chi connectivity index (χ0n) is 9.34. The largest absolute Gasteiger partial charge is 0.325 e. The molecule has 0 aliphatic carbocycles. The highest BCUT2D eigenvalue weighted by Gasteiger charge is 2.11. The molecule has 1 aromatic heterocycles. The Kier molecular flexibility index (Phi) is 3.01. The van der Waals surface area contributed by atoms with E-state index < -0.39 is 5.92 Å². The van der Waals surface area contributed by atoms with E-state index in [0.29, 0.717) is 5.69 Å². The summed E-state index contributed by atoms with van der Waals surface area (Å²) in [6.07, 6.45) is 1.72. The van der Waals surface area contributed by atoms with Crippen molar-refractivity contribution in [2.24, 2.45) is 5.92 Å². The number of hydrogen-bond acceptors (Lipinski definition) is 3. The van der Waals surface area contributed by atoms with Gasteiger partial charge in [-0.05, 0) is 31.2 Å². The number of carbonyl (C=O) groups is 1. The Hall–Kier alpha value is -2.41. The van der Waals surface area contributed by atoms with Gasteiger partial charge in [-0.2, -0.15) is 5.26 Å². The fourth-order valence-electron chi connectivity index (χ4n) is 1.46. The van der Waals surface area contributed by atoms with E-state index in [1.165, 1.54) is 0 Å². The Morgan fingerprint density at radius 1 is 1.47 bits per heavy atom. The van der Waals surface area contributed by atoms with Gasteiger partial charge in [0.25, 0.3) is 0 Å². The summed E-state index contributed by atoms with van der Waals surface area (Å²) in [4.78, 5) is 15.7. The van der Waals surface area contributed by atoms with Crippen LogP contribution >= 0.6 is 0 Å². The van der Waals surface area contributed by atoms with E-state index in [4.69, 9.17) is 5.26 Å². The van der Waals surface area contributed by atoms with Crippen LogP contribution in [0.3, 0.4) is 0 Å². The van der Waals surface area contributed by atoms with E-state index in [0.717, 1.165) is 10.9 Å². The zero-order valence-corrected chi connectivity index (χ0v) is 9.34. The highest BCUT2D eigenvalue weighted by Crippen LogP contribution is 2.17.